The third-order valence-electron chi connectivity index (χ3n) is 5.11. The van der Waals surface area contributed by atoms with Crippen molar-refractivity contribution in [2.45, 2.75) is 30.6 Å². The van der Waals surface area contributed by atoms with Gasteiger partial charge < -0.3 is 19.4 Å². The van der Waals surface area contributed by atoms with Crippen molar-refractivity contribution < 1.29 is 19.1 Å². The monoisotopic (exact) mass is 452 g/mol. The van der Waals surface area contributed by atoms with E-state index in [9.17, 15) is 9.59 Å². The Bertz CT molecular complexity index is 1100. The second-order valence-corrected chi connectivity index (χ2v) is 8.42. The Balaban J connectivity index is 1.34. The van der Waals surface area contributed by atoms with Crippen molar-refractivity contribution in [2.24, 2.45) is 7.05 Å². The average molecular weight is 453 g/mol. The van der Waals surface area contributed by atoms with E-state index >= 15 is 0 Å². The predicted octanol–water partition coefficient (Wildman–Crippen LogP) is 2.74. The largest absolute Gasteiger partial charge is 0.485 e. The third-order valence-corrected chi connectivity index (χ3v) is 6.13. The number of hydrogen-bond donors (Lipinski definition) is 1. The Morgan fingerprint density at radius 1 is 1.12 bits per heavy atom. The van der Waals surface area contributed by atoms with Crippen molar-refractivity contribution in [3.63, 3.8) is 0 Å². The van der Waals surface area contributed by atoms with Gasteiger partial charge in [-0.3, -0.25) is 9.59 Å². The van der Waals surface area contributed by atoms with Crippen molar-refractivity contribution in [3.05, 3.63) is 66.0 Å². The molecule has 2 aromatic carbocycles. The van der Waals surface area contributed by atoms with Crippen molar-refractivity contribution >= 4 is 23.5 Å². The zero-order valence-electron chi connectivity index (χ0n) is 17.9. The number of Topliss-reactive ketones (excluding diaryl/α,β-unsaturated/α-hetero) is 1. The summed E-state index contributed by atoms with van der Waals surface area (Å²) in [7, 11) is 1.83. The van der Waals surface area contributed by atoms with Crippen molar-refractivity contribution in [3.8, 4) is 11.5 Å². The molecule has 0 bridgehead atoms. The number of fused-ring (bicyclic) bond motifs is 1. The van der Waals surface area contributed by atoms with E-state index in [1.807, 2.05) is 61.6 Å². The second kappa shape index (κ2) is 9.86. The second-order valence-electron chi connectivity index (χ2n) is 7.47. The topological polar surface area (TPSA) is 95.3 Å². The van der Waals surface area contributed by atoms with Crippen LogP contribution in [0.2, 0.25) is 0 Å². The van der Waals surface area contributed by atoms with E-state index in [1.54, 1.807) is 4.57 Å². The van der Waals surface area contributed by atoms with E-state index in [0.29, 0.717) is 35.5 Å². The Morgan fingerprint density at radius 3 is 2.59 bits per heavy atom. The number of hydrogen-bond acceptors (Lipinski definition) is 7. The quantitative estimate of drug-likeness (QED) is 0.525. The Labute approximate surface area is 190 Å². The maximum atomic E-state index is 12.5. The van der Waals surface area contributed by atoms with Gasteiger partial charge in [0, 0.05) is 7.05 Å². The van der Waals surface area contributed by atoms with Crippen molar-refractivity contribution in [1.29, 1.82) is 0 Å². The van der Waals surface area contributed by atoms with E-state index in [2.05, 4.69) is 15.5 Å². The molecule has 4 rings (SSSR count). The number of rotatable bonds is 8. The van der Waals surface area contributed by atoms with Crippen LogP contribution in [0, 0.1) is 0 Å². The van der Waals surface area contributed by atoms with Crippen LogP contribution in [0.3, 0.4) is 0 Å². The lowest BCUT2D eigenvalue weighted by Gasteiger charge is -2.25. The van der Waals surface area contributed by atoms with Gasteiger partial charge in [-0.25, -0.2) is 0 Å². The minimum atomic E-state index is -0.562. The molecule has 32 heavy (non-hydrogen) atoms. The maximum Gasteiger partial charge on any atom is 0.231 e. The van der Waals surface area contributed by atoms with Crippen LogP contribution in [0.5, 0.6) is 11.5 Å². The molecule has 8 nitrogen and oxygen atoms in total. The standard InChI is InChI=1S/C23H24N4O4S/c1-15(28)17(12-16-8-4-3-5-9-16)24-21(29)14-32-23-26-25-22(27(23)2)20-13-30-18-10-6-7-11-19(18)31-20/h3-11,17,20H,12-14H2,1-2H3,(H,24,29)/t17-,20+/m0/s1. The smallest absolute Gasteiger partial charge is 0.231 e. The first-order valence-corrected chi connectivity index (χ1v) is 11.2. The number of aromatic nitrogens is 3. The summed E-state index contributed by atoms with van der Waals surface area (Å²) in [5.74, 6) is 1.79. The molecule has 0 saturated heterocycles. The number of nitrogens with one attached hydrogen (secondary N) is 1. The number of carbonyl (C=O) groups is 2. The minimum absolute atomic E-state index is 0.0807. The lowest BCUT2D eigenvalue weighted by molar-refractivity contribution is -0.125. The lowest BCUT2D eigenvalue weighted by Crippen LogP contribution is -2.42. The molecule has 1 aromatic heterocycles. The number of thioether (sulfide) groups is 1. The van der Waals surface area contributed by atoms with Gasteiger partial charge in [0.15, 0.2) is 34.4 Å². The van der Waals surface area contributed by atoms with Gasteiger partial charge in [0.05, 0.1) is 11.8 Å². The molecule has 0 radical (unpaired) electrons. The zero-order chi connectivity index (χ0) is 22.5. The van der Waals surface area contributed by atoms with Crippen LogP contribution in [-0.2, 0) is 23.1 Å². The SMILES string of the molecule is CC(=O)[C@H](Cc1ccccc1)NC(=O)CSc1nnc([C@H]2COc3ccccc3O2)n1C. The summed E-state index contributed by atoms with van der Waals surface area (Å²) in [6.07, 6.45) is 0.0693. The summed E-state index contributed by atoms with van der Waals surface area (Å²) in [4.78, 5) is 24.5. The van der Waals surface area contributed by atoms with Gasteiger partial charge in [-0.1, -0.05) is 54.2 Å². The summed E-state index contributed by atoms with van der Waals surface area (Å²) in [6.45, 7) is 1.81. The van der Waals surface area contributed by atoms with Crippen LogP contribution in [-0.4, -0.2) is 44.9 Å². The molecule has 1 N–H and O–H groups in total. The molecule has 1 aliphatic rings. The molecule has 9 heteroatoms. The highest BCUT2D eigenvalue weighted by Gasteiger charge is 2.27. The molecule has 166 valence electrons. The first-order valence-electron chi connectivity index (χ1n) is 10.3. The molecule has 0 unspecified atom stereocenters. The highest BCUT2D eigenvalue weighted by Crippen LogP contribution is 2.35. The molecule has 0 fully saturated rings. The molecule has 1 amide bonds. The van der Waals surface area contributed by atoms with Gasteiger partial charge in [0.1, 0.15) is 6.61 Å². The third kappa shape index (κ3) is 5.11. The summed E-state index contributed by atoms with van der Waals surface area (Å²) >= 11 is 1.26. The molecular weight excluding hydrogens is 428 g/mol. The van der Waals surface area contributed by atoms with Crippen LogP contribution >= 0.6 is 11.8 Å². The normalized spacial score (nSPS) is 15.8. The van der Waals surface area contributed by atoms with Crippen LogP contribution in [0.4, 0.5) is 0 Å². The molecule has 1 aliphatic heterocycles. The molecule has 0 aliphatic carbocycles. The number of nitrogens with zero attached hydrogens (tertiary/aromatic N) is 3. The fourth-order valence-corrected chi connectivity index (χ4v) is 4.12. The van der Waals surface area contributed by atoms with E-state index in [0.717, 1.165) is 5.56 Å². The van der Waals surface area contributed by atoms with E-state index < -0.39 is 12.1 Å². The first kappa shape index (κ1) is 21.9. The van der Waals surface area contributed by atoms with E-state index in [-0.39, 0.29) is 17.4 Å². The van der Waals surface area contributed by atoms with Crippen LogP contribution in [0.1, 0.15) is 24.4 Å². The summed E-state index contributed by atoms with van der Waals surface area (Å²) < 4.78 is 13.6. The number of ketones is 1. The Morgan fingerprint density at radius 2 is 1.84 bits per heavy atom. The molecule has 2 heterocycles. The number of benzene rings is 2. The predicted molar refractivity (Wildman–Crippen MR) is 120 cm³/mol. The molecular formula is C23H24N4O4S. The van der Waals surface area contributed by atoms with Gasteiger partial charge in [0.25, 0.3) is 0 Å². The Kier molecular flexibility index (Phi) is 6.75. The Hall–Kier alpha value is -3.33. The maximum absolute atomic E-state index is 12.5. The molecule has 2 atom stereocenters. The van der Waals surface area contributed by atoms with Gasteiger partial charge >= 0.3 is 0 Å². The van der Waals surface area contributed by atoms with E-state index in [4.69, 9.17) is 9.47 Å². The number of para-hydroxylation sites is 2. The van der Waals surface area contributed by atoms with Crippen LogP contribution < -0.4 is 14.8 Å². The minimum Gasteiger partial charge on any atom is -0.485 e. The summed E-state index contributed by atoms with van der Waals surface area (Å²) in [5.41, 5.74) is 0.995. The average Bonchev–Trinajstić information content (AvgIpc) is 3.17. The van der Waals surface area contributed by atoms with E-state index in [1.165, 1.54) is 18.7 Å². The van der Waals surface area contributed by atoms with Crippen molar-refractivity contribution in [2.75, 3.05) is 12.4 Å². The van der Waals surface area contributed by atoms with Gasteiger partial charge in [-0.15, -0.1) is 10.2 Å². The fourth-order valence-electron chi connectivity index (χ4n) is 3.39. The molecule has 3 aromatic rings. The molecule has 0 saturated carbocycles. The highest BCUT2D eigenvalue weighted by molar-refractivity contribution is 7.99. The lowest BCUT2D eigenvalue weighted by atomic mass is 10.0. The first-order chi connectivity index (χ1) is 15.5. The van der Waals surface area contributed by atoms with Gasteiger partial charge in [-0.2, -0.15) is 0 Å². The summed E-state index contributed by atoms with van der Waals surface area (Å²) in [5, 5.41) is 11.8. The van der Waals surface area contributed by atoms with Crippen molar-refractivity contribution in [1.82, 2.24) is 20.1 Å². The number of ether oxygens (including phenoxy) is 2. The number of carbonyl (C=O) groups excluding carboxylic acids is 2. The summed E-state index contributed by atoms with van der Waals surface area (Å²) in [6, 6.07) is 16.5. The highest BCUT2D eigenvalue weighted by atomic mass is 32.2. The van der Waals surface area contributed by atoms with Crippen LogP contribution in [0.15, 0.2) is 59.8 Å². The van der Waals surface area contributed by atoms with Gasteiger partial charge in [0.2, 0.25) is 5.91 Å². The fraction of sp³-hybridized carbons (Fsp3) is 0.304. The van der Waals surface area contributed by atoms with Crippen LogP contribution in [0.25, 0.3) is 0 Å². The van der Waals surface area contributed by atoms with Gasteiger partial charge in [-0.05, 0) is 31.0 Å². The zero-order valence-corrected chi connectivity index (χ0v) is 18.7. The molecule has 0 spiro atoms. The number of amides is 1.